The lowest BCUT2D eigenvalue weighted by molar-refractivity contribution is 0.164. The summed E-state index contributed by atoms with van der Waals surface area (Å²) in [5, 5.41) is 9.03. The van der Waals surface area contributed by atoms with Gasteiger partial charge in [-0.25, -0.2) is 0 Å². The minimum Gasteiger partial charge on any atom is -0.396 e. The molecule has 0 aliphatic heterocycles. The molecule has 1 unspecified atom stereocenters. The van der Waals surface area contributed by atoms with Gasteiger partial charge in [-0.05, 0) is 17.6 Å². The zero-order valence-corrected chi connectivity index (χ0v) is 7.89. The second-order valence-corrected chi connectivity index (χ2v) is 3.89. The topological polar surface area (TPSA) is 20.2 Å². The Labute approximate surface area is 74.6 Å². The molecule has 1 saturated carbocycles. The maximum absolute atomic E-state index is 9.03. The Morgan fingerprint density at radius 3 is 2.36 bits per heavy atom. The van der Waals surface area contributed by atoms with Crippen molar-refractivity contribution in [3.05, 3.63) is 0 Å². The molecule has 1 rings (SSSR count). The van der Waals surface area contributed by atoms with Gasteiger partial charge in [-0.15, -0.1) is 0 Å². The van der Waals surface area contributed by atoms with Crippen LogP contribution in [0.4, 0.5) is 0 Å². The Morgan fingerprint density at radius 1 is 1.27 bits per heavy atom. The number of thiol groups is 1. The third kappa shape index (κ3) is 2.68. The van der Waals surface area contributed by atoms with Crippen LogP contribution in [0.3, 0.4) is 0 Å². The van der Waals surface area contributed by atoms with E-state index < -0.39 is 0 Å². The first kappa shape index (κ1) is 9.40. The SMILES string of the molecule is OCC(CS)C1CCCCC1. The molecule has 0 radical (unpaired) electrons. The molecule has 0 bridgehead atoms. The van der Waals surface area contributed by atoms with Crippen LogP contribution in [0.25, 0.3) is 0 Å². The molecular weight excluding hydrogens is 156 g/mol. The third-order valence-electron chi connectivity index (χ3n) is 2.79. The van der Waals surface area contributed by atoms with Gasteiger partial charge in [0.2, 0.25) is 0 Å². The lowest BCUT2D eigenvalue weighted by Crippen LogP contribution is -2.22. The summed E-state index contributed by atoms with van der Waals surface area (Å²) < 4.78 is 0. The Hall–Kier alpha value is 0.310. The average Bonchev–Trinajstić information content (AvgIpc) is 2.09. The minimum atomic E-state index is 0.328. The molecule has 66 valence electrons. The van der Waals surface area contributed by atoms with Crippen molar-refractivity contribution < 1.29 is 5.11 Å². The summed E-state index contributed by atoms with van der Waals surface area (Å²) in [7, 11) is 0. The van der Waals surface area contributed by atoms with E-state index in [-0.39, 0.29) is 0 Å². The van der Waals surface area contributed by atoms with Crippen LogP contribution in [0.1, 0.15) is 32.1 Å². The lowest BCUT2D eigenvalue weighted by atomic mass is 9.81. The van der Waals surface area contributed by atoms with E-state index in [1.165, 1.54) is 32.1 Å². The van der Waals surface area contributed by atoms with E-state index in [1.807, 2.05) is 0 Å². The van der Waals surface area contributed by atoms with E-state index in [4.69, 9.17) is 5.11 Å². The van der Waals surface area contributed by atoms with Gasteiger partial charge in [0.1, 0.15) is 0 Å². The molecule has 0 aromatic rings. The maximum Gasteiger partial charge on any atom is 0.0469 e. The molecule has 0 heterocycles. The van der Waals surface area contributed by atoms with E-state index in [0.29, 0.717) is 12.5 Å². The minimum absolute atomic E-state index is 0.328. The van der Waals surface area contributed by atoms with Crippen molar-refractivity contribution in [3.8, 4) is 0 Å². The summed E-state index contributed by atoms with van der Waals surface area (Å²) >= 11 is 4.25. The third-order valence-corrected chi connectivity index (χ3v) is 3.25. The van der Waals surface area contributed by atoms with E-state index in [0.717, 1.165) is 11.7 Å². The summed E-state index contributed by atoms with van der Waals surface area (Å²) in [5.74, 6) is 2.06. The zero-order valence-electron chi connectivity index (χ0n) is 7.00. The van der Waals surface area contributed by atoms with Crippen molar-refractivity contribution >= 4 is 12.6 Å². The van der Waals surface area contributed by atoms with E-state index in [2.05, 4.69) is 12.6 Å². The first-order valence-electron chi connectivity index (χ1n) is 4.60. The quantitative estimate of drug-likeness (QED) is 0.628. The molecule has 1 nitrogen and oxygen atoms in total. The lowest BCUT2D eigenvalue weighted by Gasteiger charge is -2.27. The highest BCUT2D eigenvalue weighted by Crippen LogP contribution is 2.30. The molecule has 1 N–H and O–H groups in total. The molecule has 1 fully saturated rings. The van der Waals surface area contributed by atoms with Gasteiger partial charge in [0, 0.05) is 6.61 Å². The molecular formula is C9H18OS. The molecule has 11 heavy (non-hydrogen) atoms. The average molecular weight is 174 g/mol. The van der Waals surface area contributed by atoms with Crippen LogP contribution >= 0.6 is 12.6 Å². The number of rotatable bonds is 3. The monoisotopic (exact) mass is 174 g/mol. The van der Waals surface area contributed by atoms with Gasteiger partial charge in [0.15, 0.2) is 0 Å². The van der Waals surface area contributed by atoms with Crippen LogP contribution in [-0.4, -0.2) is 17.5 Å². The van der Waals surface area contributed by atoms with Crippen LogP contribution in [0.5, 0.6) is 0 Å². The van der Waals surface area contributed by atoms with Gasteiger partial charge >= 0.3 is 0 Å². The fourth-order valence-electron chi connectivity index (χ4n) is 1.96. The number of hydrogen-bond acceptors (Lipinski definition) is 2. The molecule has 0 spiro atoms. The van der Waals surface area contributed by atoms with Crippen molar-refractivity contribution in [3.63, 3.8) is 0 Å². The second kappa shape index (κ2) is 5.04. The Morgan fingerprint density at radius 2 is 1.91 bits per heavy atom. The van der Waals surface area contributed by atoms with Crippen LogP contribution < -0.4 is 0 Å². The van der Waals surface area contributed by atoms with Crippen LogP contribution in [0, 0.1) is 11.8 Å². The molecule has 1 aliphatic rings. The number of aliphatic hydroxyl groups is 1. The van der Waals surface area contributed by atoms with E-state index in [1.54, 1.807) is 0 Å². The molecule has 0 amide bonds. The van der Waals surface area contributed by atoms with Crippen molar-refractivity contribution in [1.29, 1.82) is 0 Å². The standard InChI is InChI=1S/C9H18OS/c10-6-9(7-11)8-4-2-1-3-5-8/h8-11H,1-7H2. The van der Waals surface area contributed by atoms with Crippen LogP contribution in [0.15, 0.2) is 0 Å². The molecule has 1 aliphatic carbocycles. The van der Waals surface area contributed by atoms with Gasteiger partial charge < -0.3 is 5.11 Å². The van der Waals surface area contributed by atoms with Crippen LogP contribution in [0.2, 0.25) is 0 Å². The predicted octanol–water partition coefficient (Wildman–Crippen LogP) is 2.10. The molecule has 2 heteroatoms. The summed E-state index contributed by atoms with van der Waals surface area (Å²) in [6.07, 6.45) is 6.72. The normalized spacial score (nSPS) is 23.5. The fourth-order valence-corrected chi connectivity index (χ4v) is 2.38. The van der Waals surface area contributed by atoms with Crippen molar-refractivity contribution in [2.45, 2.75) is 32.1 Å². The summed E-state index contributed by atoms with van der Waals surface area (Å²) in [4.78, 5) is 0. The molecule has 0 aromatic carbocycles. The van der Waals surface area contributed by atoms with Crippen LogP contribution in [-0.2, 0) is 0 Å². The van der Waals surface area contributed by atoms with E-state index in [9.17, 15) is 0 Å². The Kier molecular flexibility index (Phi) is 4.31. The number of aliphatic hydroxyl groups excluding tert-OH is 1. The second-order valence-electron chi connectivity index (χ2n) is 3.52. The molecule has 0 aromatic heterocycles. The zero-order chi connectivity index (χ0) is 8.10. The summed E-state index contributed by atoms with van der Waals surface area (Å²) in [6, 6.07) is 0. The largest absolute Gasteiger partial charge is 0.396 e. The highest BCUT2D eigenvalue weighted by atomic mass is 32.1. The summed E-state index contributed by atoms with van der Waals surface area (Å²) in [6.45, 7) is 0.328. The predicted molar refractivity (Wildman–Crippen MR) is 51.0 cm³/mol. The van der Waals surface area contributed by atoms with E-state index >= 15 is 0 Å². The van der Waals surface area contributed by atoms with Gasteiger partial charge in [0.25, 0.3) is 0 Å². The number of hydrogen-bond donors (Lipinski definition) is 2. The molecule has 1 atom stereocenters. The first-order chi connectivity index (χ1) is 5.38. The van der Waals surface area contributed by atoms with Crippen molar-refractivity contribution in [2.75, 3.05) is 12.4 Å². The van der Waals surface area contributed by atoms with Gasteiger partial charge in [-0.3, -0.25) is 0 Å². The van der Waals surface area contributed by atoms with Gasteiger partial charge in [-0.1, -0.05) is 32.1 Å². The maximum atomic E-state index is 9.03. The van der Waals surface area contributed by atoms with Crippen molar-refractivity contribution in [2.24, 2.45) is 11.8 Å². The highest BCUT2D eigenvalue weighted by molar-refractivity contribution is 7.80. The molecule has 0 saturated heterocycles. The Balaban J connectivity index is 2.30. The first-order valence-corrected chi connectivity index (χ1v) is 5.23. The Bertz CT molecular complexity index is 95.7. The highest BCUT2D eigenvalue weighted by Gasteiger charge is 2.21. The smallest absolute Gasteiger partial charge is 0.0469 e. The van der Waals surface area contributed by atoms with Gasteiger partial charge in [-0.2, -0.15) is 12.6 Å². The van der Waals surface area contributed by atoms with Crippen molar-refractivity contribution in [1.82, 2.24) is 0 Å². The summed E-state index contributed by atoms with van der Waals surface area (Å²) in [5.41, 5.74) is 0. The van der Waals surface area contributed by atoms with Gasteiger partial charge in [0.05, 0.1) is 0 Å². The fraction of sp³-hybridized carbons (Fsp3) is 1.00.